The average Bonchev–Trinajstić information content (AvgIpc) is 2.35. The molecule has 0 spiro atoms. The van der Waals surface area contributed by atoms with E-state index in [2.05, 4.69) is 60.7 Å². The lowest BCUT2D eigenvalue weighted by atomic mass is 10.4. The maximum absolute atomic E-state index is 4.19. The van der Waals surface area contributed by atoms with Gasteiger partial charge in [-0.1, -0.05) is 25.1 Å². The molecule has 1 unspecified atom stereocenters. The first kappa shape index (κ1) is 14.9. The molecular weight excluding hydrogens is 242 g/mol. The Morgan fingerprint density at radius 1 is 1.22 bits per heavy atom. The number of thioether (sulfide) groups is 1. The lowest BCUT2D eigenvalue weighted by molar-refractivity contribution is 0.697. The van der Waals surface area contributed by atoms with Crippen LogP contribution in [-0.2, 0) is 0 Å². The molecule has 0 radical (unpaired) electrons. The second-order valence-corrected chi connectivity index (χ2v) is 6.01. The molecule has 1 aromatic rings. The molecule has 0 bridgehead atoms. The van der Waals surface area contributed by atoms with Crippen LogP contribution >= 0.6 is 11.8 Å². The Labute approximate surface area is 114 Å². The van der Waals surface area contributed by atoms with Crippen LogP contribution in [0.5, 0.6) is 0 Å². The van der Waals surface area contributed by atoms with E-state index < -0.39 is 0 Å². The molecule has 0 fully saturated rings. The predicted molar refractivity (Wildman–Crippen MR) is 81.4 cm³/mol. The zero-order valence-corrected chi connectivity index (χ0v) is 12.4. The molecule has 1 atom stereocenters. The topological polar surface area (TPSA) is 36.4 Å². The number of benzene rings is 1. The summed E-state index contributed by atoms with van der Waals surface area (Å²) in [6.07, 6.45) is 0. The summed E-state index contributed by atoms with van der Waals surface area (Å²) >= 11 is 1.87. The summed E-state index contributed by atoms with van der Waals surface area (Å²) in [5.41, 5.74) is 0. The molecule has 0 heterocycles. The van der Waals surface area contributed by atoms with Crippen molar-refractivity contribution in [2.75, 3.05) is 13.6 Å². The molecule has 0 aliphatic carbocycles. The van der Waals surface area contributed by atoms with E-state index in [4.69, 9.17) is 0 Å². The molecular formula is C14H23N3S. The van der Waals surface area contributed by atoms with Gasteiger partial charge in [0.1, 0.15) is 0 Å². The van der Waals surface area contributed by atoms with Crippen molar-refractivity contribution < 1.29 is 0 Å². The zero-order chi connectivity index (χ0) is 13.4. The smallest absolute Gasteiger partial charge is 0.191 e. The second kappa shape index (κ2) is 8.03. The van der Waals surface area contributed by atoms with E-state index in [1.165, 1.54) is 4.90 Å². The highest BCUT2D eigenvalue weighted by atomic mass is 32.2. The molecule has 1 rings (SSSR count). The molecule has 0 aliphatic rings. The predicted octanol–water partition coefficient (Wildman–Crippen LogP) is 2.74. The van der Waals surface area contributed by atoms with Crippen molar-refractivity contribution in [3.05, 3.63) is 30.3 Å². The van der Waals surface area contributed by atoms with Crippen molar-refractivity contribution in [1.29, 1.82) is 0 Å². The maximum Gasteiger partial charge on any atom is 0.191 e. The highest BCUT2D eigenvalue weighted by molar-refractivity contribution is 8.00. The fraction of sp³-hybridized carbons (Fsp3) is 0.500. The SMILES string of the molecule is CN=C(NCC(C)Sc1ccccc1)NC(C)C. The summed E-state index contributed by atoms with van der Waals surface area (Å²) in [5.74, 6) is 0.866. The third-order valence-electron chi connectivity index (χ3n) is 2.29. The standard InChI is InChI=1S/C14H23N3S/c1-11(2)17-14(15-4)16-10-12(3)18-13-8-6-5-7-9-13/h5-9,11-12H,10H2,1-4H3,(H2,15,16,17). The minimum Gasteiger partial charge on any atom is -0.355 e. The van der Waals surface area contributed by atoms with E-state index in [9.17, 15) is 0 Å². The van der Waals surface area contributed by atoms with Gasteiger partial charge < -0.3 is 10.6 Å². The van der Waals surface area contributed by atoms with Crippen LogP contribution in [0.3, 0.4) is 0 Å². The molecule has 0 saturated carbocycles. The number of nitrogens with one attached hydrogen (secondary N) is 2. The Balaban J connectivity index is 2.34. The maximum atomic E-state index is 4.19. The highest BCUT2D eigenvalue weighted by Gasteiger charge is 2.06. The minimum absolute atomic E-state index is 0.397. The van der Waals surface area contributed by atoms with Crippen molar-refractivity contribution in [2.45, 2.75) is 37.0 Å². The van der Waals surface area contributed by atoms with Crippen molar-refractivity contribution in [3.63, 3.8) is 0 Å². The molecule has 0 amide bonds. The van der Waals surface area contributed by atoms with Crippen molar-refractivity contribution in [3.8, 4) is 0 Å². The Bertz CT molecular complexity index is 363. The summed E-state index contributed by atoms with van der Waals surface area (Å²) < 4.78 is 0. The molecule has 0 aromatic heterocycles. The summed E-state index contributed by atoms with van der Waals surface area (Å²) in [4.78, 5) is 5.50. The van der Waals surface area contributed by atoms with Gasteiger partial charge in [-0.3, -0.25) is 4.99 Å². The largest absolute Gasteiger partial charge is 0.355 e. The quantitative estimate of drug-likeness (QED) is 0.488. The molecule has 100 valence electrons. The normalized spacial score (nSPS) is 13.5. The van der Waals surface area contributed by atoms with Gasteiger partial charge in [0.15, 0.2) is 5.96 Å². The first-order valence-corrected chi connectivity index (χ1v) is 7.18. The number of hydrogen-bond acceptors (Lipinski definition) is 2. The Hall–Kier alpha value is -1.16. The Morgan fingerprint density at radius 2 is 1.89 bits per heavy atom. The summed E-state index contributed by atoms with van der Waals surface area (Å²) in [6.45, 7) is 7.32. The van der Waals surface area contributed by atoms with Crippen LogP contribution in [0.4, 0.5) is 0 Å². The van der Waals surface area contributed by atoms with Crippen molar-refractivity contribution in [1.82, 2.24) is 10.6 Å². The number of guanidine groups is 1. The number of rotatable bonds is 5. The molecule has 1 aromatic carbocycles. The van der Waals surface area contributed by atoms with E-state index in [0.29, 0.717) is 11.3 Å². The second-order valence-electron chi connectivity index (χ2n) is 4.49. The van der Waals surface area contributed by atoms with Crippen LogP contribution in [-0.4, -0.2) is 30.8 Å². The fourth-order valence-electron chi connectivity index (χ4n) is 1.48. The molecule has 18 heavy (non-hydrogen) atoms. The third kappa shape index (κ3) is 5.96. The van der Waals surface area contributed by atoms with Gasteiger partial charge >= 0.3 is 0 Å². The molecule has 0 saturated heterocycles. The lowest BCUT2D eigenvalue weighted by Crippen LogP contribution is -2.43. The van der Waals surface area contributed by atoms with Gasteiger partial charge in [-0.15, -0.1) is 11.8 Å². The van der Waals surface area contributed by atoms with Crippen LogP contribution in [0.25, 0.3) is 0 Å². The molecule has 4 heteroatoms. The van der Waals surface area contributed by atoms with E-state index in [1.807, 2.05) is 17.8 Å². The van der Waals surface area contributed by atoms with Gasteiger partial charge in [0, 0.05) is 29.8 Å². The third-order valence-corrected chi connectivity index (χ3v) is 3.40. The highest BCUT2D eigenvalue weighted by Crippen LogP contribution is 2.21. The summed E-state index contributed by atoms with van der Waals surface area (Å²) in [5, 5.41) is 7.12. The van der Waals surface area contributed by atoms with Crippen molar-refractivity contribution in [2.24, 2.45) is 4.99 Å². The van der Waals surface area contributed by atoms with Crippen LogP contribution in [0.1, 0.15) is 20.8 Å². The first-order chi connectivity index (χ1) is 8.61. The van der Waals surface area contributed by atoms with E-state index in [1.54, 1.807) is 7.05 Å². The van der Waals surface area contributed by atoms with Crippen molar-refractivity contribution >= 4 is 17.7 Å². The van der Waals surface area contributed by atoms with Gasteiger partial charge in [0.2, 0.25) is 0 Å². The minimum atomic E-state index is 0.397. The molecule has 2 N–H and O–H groups in total. The van der Waals surface area contributed by atoms with E-state index in [0.717, 1.165) is 12.5 Å². The van der Waals surface area contributed by atoms with Crippen LogP contribution in [0.2, 0.25) is 0 Å². The molecule has 3 nitrogen and oxygen atoms in total. The van der Waals surface area contributed by atoms with Crippen LogP contribution in [0, 0.1) is 0 Å². The van der Waals surface area contributed by atoms with Gasteiger partial charge in [-0.25, -0.2) is 0 Å². The molecule has 0 aliphatic heterocycles. The average molecular weight is 265 g/mol. The van der Waals surface area contributed by atoms with E-state index in [-0.39, 0.29) is 0 Å². The van der Waals surface area contributed by atoms with Gasteiger partial charge in [-0.2, -0.15) is 0 Å². The summed E-state index contributed by atoms with van der Waals surface area (Å²) in [6, 6.07) is 10.9. The number of nitrogens with zero attached hydrogens (tertiary/aromatic N) is 1. The Kier molecular flexibility index (Phi) is 6.65. The Morgan fingerprint density at radius 3 is 2.44 bits per heavy atom. The van der Waals surface area contributed by atoms with E-state index >= 15 is 0 Å². The lowest BCUT2D eigenvalue weighted by Gasteiger charge is -2.17. The van der Waals surface area contributed by atoms with Crippen LogP contribution < -0.4 is 10.6 Å². The zero-order valence-electron chi connectivity index (χ0n) is 11.6. The van der Waals surface area contributed by atoms with Gasteiger partial charge in [0.05, 0.1) is 0 Å². The van der Waals surface area contributed by atoms with Gasteiger partial charge in [0.25, 0.3) is 0 Å². The van der Waals surface area contributed by atoms with Crippen LogP contribution in [0.15, 0.2) is 40.2 Å². The monoisotopic (exact) mass is 265 g/mol. The summed E-state index contributed by atoms with van der Waals surface area (Å²) in [7, 11) is 1.80. The number of hydrogen-bond donors (Lipinski definition) is 2. The van der Waals surface area contributed by atoms with Gasteiger partial charge in [-0.05, 0) is 26.0 Å². The first-order valence-electron chi connectivity index (χ1n) is 6.30. The number of aliphatic imine (C=N–C) groups is 1. The fourth-order valence-corrected chi connectivity index (χ4v) is 2.43.